The summed E-state index contributed by atoms with van der Waals surface area (Å²) in [5, 5.41) is 0. The standard InChI is InChI=1S/C26H28N2/c1-7-12-18-26(28-11-5)24-17-13-16-23(20-24)22(14-8-2)19-21(6)25(15-9-3)27-10-4/h7-20H,1-2,4-5H2,3,6H3/b15-9-,18-12-,21-19+,22-14+,27-25?,28-26?. The van der Waals surface area contributed by atoms with Crippen LogP contribution >= 0.6 is 0 Å². The van der Waals surface area contributed by atoms with E-state index < -0.39 is 0 Å². The van der Waals surface area contributed by atoms with Crippen LogP contribution in [0.2, 0.25) is 0 Å². The van der Waals surface area contributed by atoms with Gasteiger partial charge in [0.25, 0.3) is 0 Å². The number of aliphatic imine (C=N–C) groups is 2. The van der Waals surface area contributed by atoms with Crippen LogP contribution in [0.3, 0.4) is 0 Å². The predicted molar refractivity (Wildman–Crippen MR) is 127 cm³/mol. The van der Waals surface area contributed by atoms with Gasteiger partial charge in [0, 0.05) is 18.0 Å². The molecule has 0 aliphatic rings. The van der Waals surface area contributed by atoms with Crippen molar-refractivity contribution in [1.82, 2.24) is 0 Å². The highest BCUT2D eigenvalue weighted by molar-refractivity contribution is 6.11. The van der Waals surface area contributed by atoms with Gasteiger partial charge >= 0.3 is 0 Å². The zero-order chi connectivity index (χ0) is 20.8. The quantitative estimate of drug-likeness (QED) is 0.312. The zero-order valence-electron chi connectivity index (χ0n) is 16.8. The number of hydrogen-bond acceptors (Lipinski definition) is 2. The van der Waals surface area contributed by atoms with Crippen LogP contribution < -0.4 is 0 Å². The van der Waals surface area contributed by atoms with E-state index >= 15 is 0 Å². The Balaban J connectivity index is 3.47. The third-order valence-electron chi connectivity index (χ3n) is 3.74. The van der Waals surface area contributed by atoms with Crippen LogP contribution in [-0.2, 0) is 0 Å². The van der Waals surface area contributed by atoms with Crippen molar-refractivity contribution < 1.29 is 0 Å². The summed E-state index contributed by atoms with van der Waals surface area (Å²) < 4.78 is 0. The first-order valence-electron chi connectivity index (χ1n) is 9.02. The van der Waals surface area contributed by atoms with Gasteiger partial charge in [-0.2, -0.15) is 0 Å². The average Bonchev–Trinajstić information content (AvgIpc) is 2.70. The van der Waals surface area contributed by atoms with Crippen LogP contribution in [0.4, 0.5) is 0 Å². The van der Waals surface area contributed by atoms with Gasteiger partial charge in [-0.15, -0.1) is 0 Å². The van der Waals surface area contributed by atoms with Crippen molar-refractivity contribution in [2.45, 2.75) is 13.8 Å². The fourth-order valence-electron chi connectivity index (χ4n) is 2.52. The third-order valence-corrected chi connectivity index (χ3v) is 3.74. The minimum atomic E-state index is 0.818. The molecule has 1 aromatic carbocycles. The molecule has 0 amide bonds. The highest BCUT2D eigenvalue weighted by atomic mass is 14.7. The first-order valence-corrected chi connectivity index (χ1v) is 9.02. The van der Waals surface area contributed by atoms with Crippen LogP contribution in [-0.4, -0.2) is 11.4 Å². The van der Waals surface area contributed by atoms with E-state index in [1.807, 2.05) is 56.4 Å². The molecule has 0 aromatic heterocycles. The van der Waals surface area contributed by atoms with E-state index in [-0.39, 0.29) is 0 Å². The molecule has 2 nitrogen and oxygen atoms in total. The molecule has 0 N–H and O–H groups in total. The summed E-state index contributed by atoms with van der Waals surface area (Å²) in [5.74, 6) is 0. The van der Waals surface area contributed by atoms with Crippen LogP contribution in [0.5, 0.6) is 0 Å². The molecular weight excluding hydrogens is 340 g/mol. The maximum absolute atomic E-state index is 4.37. The molecule has 0 fully saturated rings. The zero-order valence-corrected chi connectivity index (χ0v) is 16.8. The molecule has 1 rings (SSSR count). The summed E-state index contributed by atoms with van der Waals surface area (Å²) >= 11 is 0. The van der Waals surface area contributed by atoms with Crippen LogP contribution in [0, 0.1) is 0 Å². The largest absolute Gasteiger partial charge is 0.257 e. The molecule has 2 heteroatoms. The molecule has 0 aliphatic carbocycles. The first-order chi connectivity index (χ1) is 13.6. The second-order valence-corrected chi connectivity index (χ2v) is 5.75. The Morgan fingerprint density at radius 3 is 2.25 bits per heavy atom. The van der Waals surface area contributed by atoms with Gasteiger partial charge in [-0.3, -0.25) is 9.98 Å². The van der Waals surface area contributed by atoms with Crippen LogP contribution in [0.25, 0.3) is 5.57 Å². The maximum Gasteiger partial charge on any atom is 0.0701 e. The lowest BCUT2D eigenvalue weighted by atomic mass is 9.97. The molecule has 0 saturated heterocycles. The number of nitrogens with zero attached hydrogens (tertiary/aromatic N) is 2. The van der Waals surface area contributed by atoms with E-state index in [0.29, 0.717) is 0 Å². The average molecular weight is 369 g/mol. The normalized spacial score (nSPS) is 13.8. The first kappa shape index (κ1) is 22.5. The van der Waals surface area contributed by atoms with Gasteiger partial charge in [0.2, 0.25) is 0 Å². The van der Waals surface area contributed by atoms with Crippen molar-refractivity contribution in [1.29, 1.82) is 0 Å². The minimum Gasteiger partial charge on any atom is -0.257 e. The smallest absolute Gasteiger partial charge is 0.0701 e. The van der Waals surface area contributed by atoms with Gasteiger partial charge < -0.3 is 0 Å². The highest BCUT2D eigenvalue weighted by Gasteiger charge is 2.05. The van der Waals surface area contributed by atoms with Gasteiger partial charge in [-0.05, 0) is 54.9 Å². The molecule has 0 spiro atoms. The molecule has 142 valence electrons. The lowest BCUT2D eigenvalue weighted by molar-refractivity contribution is 1.49. The van der Waals surface area contributed by atoms with E-state index in [1.165, 1.54) is 6.20 Å². The summed E-state index contributed by atoms with van der Waals surface area (Å²) in [4.78, 5) is 8.72. The molecule has 0 unspecified atom stereocenters. The van der Waals surface area contributed by atoms with Gasteiger partial charge in [-0.25, -0.2) is 0 Å². The second kappa shape index (κ2) is 12.8. The summed E-state index contributed by atoms with van der Waals surface area (Å²) in [7, 11) is 0. The van der Waals surface area contributed by atoms with Gasteiger partial charge in [0.05, 0.1) is 11.4 Å². The van der Waals surface area contributed by atoms with Crippen molar-refractivity contribution in [3.05, 3.63) is 128 Å². The minimum absolute atomic E-state index is 0.818. The highest BCUT2D eigenvalue weighted by Crippen LogP contribution is 2.21. The Hall–Kier alpha value is -3.52. The number of hydrogen-bond donors (Lipinski definition) is 0. The van der Waals surface area contributed by atoms with Crippen molar-refractivity contribution in [3.8, 4) is 0 Å². The molecule has 0 heterocycles. The van der Waals surface area contributed by atoms with Crippen molar-refractivity contribution in [3.63, 3.8) is 0 Å². The monoisotopic (exact) mass is 368 g/mol. The number of rotatable bonds is 10. The topological polar surface area (TPSA) is 24.7 Å². The molecule has 28 heavy (non-hydrogen) atoms. The van der Waals surface area contributed by atoms with E-state index in [9.17, 15) is 0 Å². The Bertz CT molecular complexity index is 900. The molecule has 0 bridgehead atoms. The molecule has 0 aliphatic heterocycles. The summed E-state index contributed by atoms with van der Waals surface area (Å²) in [5.41, 5.74) is 5.79. The lowest BCUT2D eigenvalue weighted by Crippen LogP contribution is -1.99. The van der Waals surface area contributed by atoms with Gasteiger partial charge in [0.15, 0.2) is 0 Å². The Morgan fingerprint density at radius 1 is 0.929 bits per heavy atom. The lowest BCUT2D eigenvalue weighted by Gasteiger charge is -2.09. The van der Waals surface area contributed by atoms with Crippen LogP contribution in [0.15, 0.2) is 127 Å². The third kappa shape index (κ3) is 7.00. The van der Waals surface area contributed by atoms with E-state index in [1.54, 1.807) is 18.4 Å². The second-order valence-electron chi connectivity index (χ2n) is 5.75. The maximum atomic E-state index is 4.37. The van der Waals surface area contributed by atoms with Gasteiger partial charge in [0.1, 0.15) is 0 Å². The molecule has 0 atom stereocenters. The number of benzene rings is 1. The Kier molecular flexibility index (Phi) is 10.3. The van der Waals surface area contributed by atoms with Crippen LogP contribution in [0.1, 0.15) is 25.0 Å². The van der Waals surface area contributed by atoms with Crippen molar-refractivity contribution in [2.24, 2.45) is 9.98 Å². The molecule has 1 aromatic rings. The SMILES string of the molecule is C=C/C=C\C(=NC=C)c1cccc(C(/C=C(\C)C(/C=C\C)=NC=C)=C/C=C)c1. The summed E-state index contributed by atoms with van der Waals surface area (Å²) in [6.45, 7) is 19.0. The molecule has 0 radical (unpaired) electrons. The fourth-order valence-corrected chi connectivity index (χ4v) is 2.52. The summed E-state index contributed by atoms with van der Waals surface area (Å²) in [6, 6.07) is 8.18. The Morgan fingerprint density at radius 2 is 1.64 bits per heavy atom. The van der Waals surface area contributed by atoms with E-state index in [4.69, 9.17) is 0 Å². The molecule has 0 saturated carbocycles. The predicted octanol–water partition coefficient (Wildman–Crippen LogP) is 7.04. The summed E-state index contributed by atoms with van der Waals surface area (Å²) in [6.07, 6.45) is 18.3. The molecular formula is C26H28N2. The van der Waals surface area contributed by atoms with Gasteiger partial charge in [-0.1, -0.05) is 74.9 Å². The Labute approximate surface area is 169 Å². The number of allylic oxidation sites excluding steroid dienone is 10. The van der Waals surface area contributed by atoms with Crippen molar-refractivity contribution >= 4 is 17.0 Å². The van der Waals surface area contributed by atoms with E-state index in [0.717, 1.165) is 33.7 Å². The fraction of sp³-hybridized carbons (Fsp3) is 0.0769. The van der Waals surface area contributed by atoms with Crippen molar-refractivity contribution in [2.75, 3.05) is 0 Å². The van der Waals surface area contributed by atoms with E-state index in [2.05, 4.69) is 54.5 Å².